The van der Waals surface area contributed by atoms with Crippen LogP contribution in [0.2, 0.25) is 5.02 Å². The highest BCUT2D eigenvalue weighted by molar-refractivity contribution is 7.92. The van der Waals surface area contributed by atoms with Gasteiger partial charge < -0.3 is 5.32 Å². The topological polar surface area (TPSA) is 66.5 Å². The maximum absolute atomic E-state index is 13.3. The molecule has 5 nitrogen and oxygen atoms in total. The molecule has 0 unspecified atom stereocenters. The number of anilines is 1. The van der Waals surface area contributed by atoms with E-state index < -0.39 is 28.5 Å². The normalized spacial score (nSPS) is 12.2. The maximum atomic E-state index is 13.3. The van der Waals surface area contributed by atoms with Gasteiger partial charge in [-0.15, -0.1) is 0 Å². The summed E-state index contributed by atoms with van der Waals surface area (Å²) in [5.74, 6) is -0.901. The Morgan fingerprint density at radius 3 is 2.23 bits per heavy atom. The summed E-state index contributed by atoms with van der Waals surface area (Å²) >= 11 is 6.24. The van der Waals surface area contributed by atoms with Crippen LogP contribution < -0.4 is 9.62 Å². The molecule has 0 saturated heterocycles. The van der Waals surface area contributed by atoms with Crippen molar-refractivity contribution in [3.63, 3.8) is 0 Å². The molecule has 1 N–H and O–H groups in total. The van der Waals surface area contributed by atoms with Gasteiger partial charge in [0.2, 0.25) is 5.91 Å². The number of para-hydroxylation sites is 1. The zero-order valence-electron chi connectivity index (χ0n) is 16.1. The summed E-state index contributed by atoms with van der Waals surface area (Å²) in [6.07, 6.45) is 0. The number of amides is 1. The van der Waals surface area contributed by atoms with Crippen LogP contribution >= 0.6 is 11.6 Å². The molecule has 3 rings (SSSR count). The van der Waals surface area contributed by atoms with E-state index >= 15 is 0 Å². The van der Waals surface area contributed by atoms with Gasteiger partial charge in [0.15, 0.2) is 0 Å². The SMILES string of the molecule is C[C@@H](NC(=O)CN(c1ccccc1Cl)S(=O)(=O)c1ccccc1)c1ccc(F)cc1. The monoisotopic (exact) mass is 446 g/mol. The minimum Gasteiger partial charge on any atom is -0.348 e. The van der Waals surface area contributed by atoms with Gasteiger partial charge in [-0.2, -0.15) is 0 Å². The van der Waals surface area contributed by atoms with Gasteiger partial charge in [-0.3, -0.25) is 9.10 Å². The van der Waals surface area contributed by atoms with Crippen molar-refractivity contribution in [3.8, 4) is 0 Å². The Morgan fingerprint density at radius 1 is 1.00 bits per heavy atom. The zero-order chi connectivity index (χ0) is 21.7. The number of carbonyl (C=O) groups excluding carboxylic acids is 1. The summed E-state index contributed by atoms with van der Waals surface area (Å²) in [7, 11) is -4.04. The van der Waals surface area contributed by atoms with Gasteiger partial charge in [0.05, 0.1) is 21.6 Å². The maximum Gasteiger partial charge on any atom is 0.264 e. The third kappa shape index (κ3) is 4.98. The van der Waals surface area contributed by atoms with Gasteiger partial charge in [-0.1, -0.05) is 54.1 Å². The molecular weight excluding hydrogens is 427 g/mol. The average molecular weight is 447 g/mol. The van der Waals surface area contributed by atoms with Crippen LogP contribution in [-0.4, -0.2) is 20.9 Å². The van der Waals surface area contributed by atoms with Crippen LogP contribution in [-0.2, 0) is 14.8 Å². The summed E-state index contributed by atoms with van der Waals surface area (Å²) < 4.78 is 40.6. The van der Waals surface area contributed by atoms with E-state index in [9.17, 15) is 17.6 Å². The van der Waals surface area contributed by atoms with Crippen molar-refractivity contribution >= 4 is 33.2 Å². The molecule has 1 amide bonds. The van der Waals surface area contributed by atoms with Crippen molar-refractivity contribution in [3.05, 3.63) is 95.3 Å². The molecule has 0 aromatic heterocycles. The lowest BCUT2D eigenvalue weighted by molar-refractivity contribution is -0.120. The van der Waals surface area contributed by atoms with Crippen LogP contribution in [0.1, 0.15) is 18.5 Å². The van der Waals surface area contributed by atoms with Gasteiger partial charge in [0.25, 0.3) is 10.0 Å². The van der Waals surface area contributed by atoms with Crippen molar-refractivity contribution in [1.82, 2.24) is 5.32 Å². The largest absolute Gasteiger partial charge is 0.348 e. The molecule has 0 bridgehead atoms. The second kappa shape index (κ2) is 9.28. The van der Waals surface area contributed by atoms with Crippen LogP contribution in [0.25, 0.3) is 0 Å². The number of hydrogen-bond acceptors (Lipinski definition) is 3. The first-order chi connectivity index (χ1) is 14.3. The van der Waals surface area contributed by atoms with E-state index in [1.54, 1.807) is 61.5 Å². The van der Waals surface area contributed by atoms with Gasteiger partial charge in [0, 0.05) is 0 Å². The molecule has 30 heavy (non-hydrogen) atoms. The molecule has 3 aromatic rings. The zero-order valence-corrected chi connectivity index (χ0v) is 17.7. The number of halogens is 2. The summed E-state index contributed by atoms with van der Waals surface area (Å²) in [6.45, 7) is 1.27. The first-order valence-corrected chi connectivity index (χ1v) is 11.0. The molecule has 0 heterocycles. The fourth-order valence-corrected chi connectivity index (χ4v) is 4.67. The minimum atomic E-state index is -4.04. The average Bonchev–Trinajstić information content (AvgIpc) is 2.73. The number of nitrogens with one attached hydrogen (secondary N) is 1. The molecule has 0 aliphatic heterocycles. The summed E-state index contributed by atoms with van der Waals surface area (Å²) in [5, 5.41) is 2.95. The predicted molar refractivity (Wildman–Crippen MR) is 115 cm³/mol. The van der Waals surface area contributed by atoms with Crippen LogP contribution in [0.5, 0.6) is 0 Å². The molecule has 0 spiro atoms. The highest BCUT2D eigenvalue weighted by atomic mass is 35.5. The lowest BCUT2D eigenvalue weighted by Gasteiger charge is -2.26. The molecule has 156 valence electrons. The smallest absolute Gasteiger partial charge is 0.264 e. The number of hydrogen-bond donors (Lipinski definition) is 1. The van der Waals surface area contributed by atoms with Crippen molar-refractivity contribution in [2.24, 2.45) is 0 Å². The van der Waals surface area contributed by atoms with Crippen LogP contribution in [0.4, 0.5) is 10.1 Å². The first-order valence-electron chi connectivity index (χ1n) is 9.16. The Morgan fingerprint density at radius 2 is 1.60 bits per heavy atom. The molecule has 8 heteroatoms. The summed E-state index contributed by atoms with van der Waals surface area (Å²) in [5.41, 5.74) is 0.896. The van der Waals surface area contributed by atoms with Crippen molar-refractivity contribution in [1.29, 1.82) is 0 Å². The van der Waals surface area contributed by atoms with E-state index in [-0.39, 0.29) is 21.4 Å². The summed E-state index contributed by atoms with van der Waals surface area (Å²) in [6, 6.07) is 19.5. The number of nitrogens with zero attached hydrogens (tertiary/aromatic N) is 1. The second-order valence-electron chi connectivity index (χ2n) is 6.62. The van der Waals surface area contributed by atoms with E-state index in [0.717, 1.165) is 4.31 Å². The fraction of sp³-hybridized carbons (Fsp3) is 0.136. The van der Waals surface area contributed by atoms with Gasteiger partial charge in [0.1, 0.15) is 12.4 Å². The Kier molecular flexibility index (Phi) is 6.74. The highest BCUT2D eigenvalue weighted by Crippen LogP contribution is 2.30. The van der Waals surface area contributed by atoms with E-state index in [4.69, 9.17) is 11.6 Å². The van der Waals surface area contributed by atoms with Crippen LogP contribution in [0.15, 0.2) is 83.8 Å². The second-order valence-corrected chi connectivity index (χ2v) is 8.89. The van der Waals surface area contributed by atoms with Crippen molar-refractivity contribution in [2.45, 2.75) is 17.9 Å². The quantitative estimate of drug-likeness (QED) is 0.579. The Hall–Kier alpha value is -2.90. The Bertz CT molecular complexity index is 1120. The molecule has 0 fully saturated rings. The molecule has 3 aromatic carbocycles. The third-order valence-electron chi connectivity index (χ3n) is 4.49. The number of benzene rings is 3. The van der Waals surface area contributed by atoms with Crippen molar-refractivity contribution < 1.29 is 17.6 Å². The highest BCUT2D eigenvalue weighted by Gasteiger charge is 2.28. The minimum absolute atomic E-state index is 0.0457. The van der Waals surface area contributed by atoms with Gasteiger partial charge in [-0.05, 0) is 48.9 Å². The van der Waals surface area contributed by atoms with Crippen LogP contribution in [0.3, 0.4) is 0 Å². The van der Waals surface area contributed by atoms with Crippen molar-refractivity contribution in [2.75, 3.05) is 10.8 Å². The third-order valence-corrected chi connectivity index (χ3v) is 6.58. The fourth-order valence-electron chi connectivity index (χ4n) is 2.93. The Labute approximate surface area is 180 Å². The van der Waals surface area contributed by atoms with Gasteiger partial charge >= 0.3 is 0 Å². The standard InChI is InChI=1S/C22H20ClFN2O3S/c1-16(17-11-13-18(24)14-12-17)25-22(27)15-26(21-10-6-5-9-20(21)23)30(28,29)19-7-3-2-4-8-19/h2-14,16H,15H2,1H3,(H,25,27)/t16-/m1/s1. The number of rotatable bonds is 7. The van der Waals surface area contributed by atoms with E-state index in [1.165, 1.54) is 24.3 Å². The van der Waals surface area contributed by atoms with Crippen LogP contribution in [0, 0.1) is 5.82 Å². The molecular formula is C22H20ClFN2O3S. The van der Waals surface area contributed by atoms with E-state index in [1.807, 2.05) is 0 Å². The lowest BCUT2D eigenvalue weighted by Crippen LogP contribution is -2.41. The molecule has 0 aliphatic carbocycles. The lowest BCUT2D eigenvalue weighted by atomic mass is 10.1. The number of sulfonamides is 1. The Balaban J connectivity index is 1.88. The predicted octanol–water partition coefficient (Wildman–Crippen LogP) is 4.55. The molecule has 0 aliphatic rings. The number of carbonyl (C=O) groups is 1. The molecule has 0 radical (unpaired) electrons. The van der Waals surface area contributed by atoms with E-state index in [2.05, 4.69) is 5.32 Å². The molecule has 1 atom stereocenters. The van der Waals surface area contributed by atoms with E-state index in [0.29, 0.717) is 5.56 Å². The van der Waals surface area contributed by atoms with Gasteiger partial charge in [-0.25, -0.2) is 12.8 Å². The summed E-state index contributed by atoms with van der Waals surface area (Å²) in [4.78, 5) is 12.8. The molecule has 0 saturated carbocycles. The first kappa shape index (κ1) is 21.8.